The molecule has 1 aliphatic rings. The van der Waals surface area contributed by atoms with Gasteiger partial charge in [-0.25, -0.2) is 4.98 Å². The van der Waals surface area contributed by atoms with E-state index in [0.717, 1.165) is 32.8 Å². The zero-order valence-corrected chi connectivity index (χ0v) is 20.4. The molecule has 3 N–H and O–H groups in total. The van der Waals surface area contributed by atoms with Crippen LogP contribution in [0.2, 0.25) is 0 Å². The standard InChI is InChI=1S/C25H28N6O6/c1-2-21-25(37-20-5-3-4-18(16-20)31(33)34)29-24(22(28-21)23(26)32)27-17-6-8-19(9-7-17)36-15-12-30-10-13-35-14-11-30/h3-9,16H,2,10-15H2,1H3,(H2,26,32)(H,27,29). The Balaban J connectivity index is 1.49. The van der Waals surface area contributed by atoms with Gasteiger partial charge in [0.05, 0.1) is 24.2 Å². The van der Waals surface area contributed by atoms with Crippen molar-refractivity contribution >= 4 is 23.1 Å². The number of hydrogen-bond acceptors (Lipinski definition) is 10. The molecule has 0 bridgehead atoms. The SMILES string of the molecule is CCc1nc(C(N)=O)c(Nc2ccc(OCCN3CCOCC3)cc2)nc1Oc1cccc([N+](=O)[O-])c1. The van der Waals surface area contributed by atoms with Crippen LogP contribution >= 0.6 is 0 Å². The van der Waals surface area contributed by atoms with E-state index >= 15 is 0 Å². The molecule has 194 valence electrons. The van der Waals surface area contributed by atoms with Gasteiger partial charge in [0.2, 0.25) is 5.88 Å². The van der Waals surface area contributed by atoms with Gasteiger partial charge < -0.3 is 25.3 Å². The van der Waals surface area contributed by atoms with Crippen LogP contribution in [-0.4, -0.2) is 65.2 Å². The first-order valence-electron chi connectivity index (χ1n) is 11.9. The number of anilines is 2. The van der Waals surface area contributed by atoms with Crippen molar-refractivity contribution in [1.29, 1.82) is 0 Å². The molecule has 1 saturated heterocycles. The molecule has 1 amide bonds. The number of nitrogens with one attached hydrogen (secondary N) is 1. The molecule has 0 atom stereocenters. The van der Waals surface area contributed by atoms with Crippen molar-refractivity contribution in [3.63, 3.8) is 0 Å². The number of aromatic nitrogens is 2. The first-order chi connectivity index (χ1) is 17.9. The second-order valence-electron chi connectivity index (χ2n) is 8.20. The van der Waals surface area contributed by atoms with E-state index in [0.29, 0.717) is 30.2 Å². The molecule has 37 heavy (non-hydrogen) atoms. The number of non-ortho nitro benzene ring substituents is 1. The summed E-state index contributed by atoms with van der Waals surface area (Å²) in [5.41, 5.74) is 6.40. The maximum Gasteiger partial charge on any atom is 0.273 e. The monoisotopic (exact) mass is 508 g/mol. The van der Waals surface area contributed by atoms with Crippen LogP contribution in [0, 0.1) is 10.1 Å². The third-order valence-corrected chi connectivity index (χ3v) is 5.64. The van der Waals surface area contributed by atoms with Crippen molar-refractivity contribution in [2.24, 2.45) is 5.73 Å². The first kappa shape index (κ1) is 25.8. The van der Waals surface area contributed by atoms with E-state index in [4.69, 9.17) is 19.9 Å². The number of nitro benzene ring substituents is 1. The largest absolute Gasteiger partial charge is 0.492 e. The number of nitrogens with two attached hydrogens (primary N) is 1. The van der Waals surface area contributed by atoms with E-state index in [2.05, 4.69) is 20.2 Å². The number of nitro groups is 1. The lowest BCUT2D eigenvalue weighted by Crippen LogP contribution is -2.38. The van der Waals surface area contributed by atoms with Crippen LogP contribution in [0.25, 0.3) is 0 Å². The Morgan fingerprint density at radius 1 is 1.16 bits per heavy atom. The normalized spacial score (nSPS) is 13.6. The number of ether oxygens (including phenoxy) is 3. The predicted molar refractivity (Wildman–Crippen MR) is 136 cm³/mol. The summed E-state index contributed by atoms with van der Waals surface area (Å²) in [6.45, 7) is 6.48. The van der Waals surface area contributed by atoms with Crippen molar-refractivity contribution in [2.45, 2.75) is 13.3 Å². The average Bonchev–Trinajstić information content (AvgIpc) is 2.90. The lowest BCUT2D eigenvalue weighted by atomic mass is 10.2. The highest BCUT2D eigenvalue weighted by atomic mass is 16.6. The number of carbonyl (C=O) groups is 1. The van der Waals surface area contributed by atoms with E-state index in [1.807, 2.05) is 6.92 Å². The molecule has 12 nitrogen and oxygen atoms in total. The maximum atomic E-state index is 12.1. The van der Waals surface area contributed by atoms with Crippen LogP contribution in [0.3, 0.4) is 0 Å². The Morgan fingerprint density at radius 2 is 1.92 bits per heavy atom. The molecule has 0 unspecified atom stereocenters. The van der Waals surface area contributed by atoms with E-state index < -0.39 is 10.8 Å². The van der Waals surface area contributed by atoms with Crippen molar-refractivity contribution < 1.29 is 23.9 Å². The van der Waals surface area contributed by atoms with Crippen molar-refractivity contribution in [1.82, 2.24) is 14.9 Å². The number of rotatable bonds is 11. The fourth-order valence-corrected chi connectivity index (χ4v) is 3.69. The molecule has 2 heterocycles. The van der Waals surface area contributed by atoms with E-state index in [-0.39, 0.29) is 28.8 Å². The number of morpholine rings is 1. The second-order valence-corrected chi connectivity index (χ2v) is 8.20. The Labute approximate surface area is 213 Å². The molecule has 0 radical (unpaired) electrons. The summed E-state index contributed by atoms with van der Waals surface area (Å²) in [6.07, 6.45) is 0.397. The van der Waals surface area contributed by atoms with Crippen LogP contribution in [0.4, 0.5) is 17.2 Å². The summed E-state index contributed by atoms with van der Waals surface area (Å²) in [4.78, 5) is 33.8. The van der Waals surface area contributed by atoms with Crippen molar-refractivity contribution in [3.8, 4) is 17.4 Å². The van der Waals surface area contributed by atoms with Gasteiger partial charge >= 0.3 is 0 Å². The van der Waals surface area contributed by atoms with Gasteiger partial charge in [0.15, 0.2) is 11.5 Å². The quantitative estimate of drug-likeness (QED) is 0.291. The smallest absolute Gasteiger partial charge is 0.273 e. The summed E-state index contributed by atoms with van der Waals surface area (Å²) >= 11 is 0. The van der Waals surface area contributed by atoms with Gasteiger partial charge in [-0.1, -0.05) is 13.0 Å². The van der Waals surface area contributed by atoms with Gasteiger partial charge in [0.25, 0.3) is 11.6 Å². The summed E-state index contributed by atoms with van der Waals surface area (Å²) < 4.78 is 17.0. The molecule has 0 aliphatic carbocycles. The van der Waals surface area contributed by atoms with Crippen molar-refractivity contribution in [2.75, 3.05) is 44.8 Å². The first-order valence-corrected chi connectivity index (χ1v) is 11.9. The molecule has 3 aromatic rings. The van der Waals surface area contributed by atoms with Gasteiger partial charge in [-0.05, 0) is 36.8 Å². The maximum absolute atomic E-state index is 12.1. The van der Waals surface area contributed by atoms with Crippen LogP contribution in [0.5, 0.6) is 17.4 Å². The highest BCUT2D eigenvalue weighted by Crippen LogP contribution is 2.29. The fraction of sp³-hybridized carbons (Fsp3) is 0.320. The number of hydrogen-bond donors (Lipinski definition) is 2. The topological polar surface area (TPSA) is 155 Å². The predicted octanol–water partition coefficient (Wildman–Crippen LogP) is 3.29. The number of primary amides is 1. The van der Waals surface area contributed by atoms with Gasteiger partial charge in [-0.2, -0.15) is 4.98 Å². The summed E-state index contributed by atoms with van der Waals surface area (Å²) in [5.74, 6) is 0.380. The second kappa shape index (κ2) is 12.1. The third kappa shape index (κ3) is 6.90. The van der Waals surface area contributed by atoms with E-state index in [9.17, 15) is 14.9 Å². The minimum Gasteiger partial charge on any atom is -0.492 e. The van der Waals surface area contributed by atoms with E-state index in [1.165, 1.54) is 18.2 Å². The molecule has 4 rings (SSSR count). The summed E-state index contributed by atoms with van der Waals surface area (Å²) in [6, 6.07) is 12.9. The molecule has 0 spiro atoms. The molecular weight excluding hydrogens is 480 g/mol. The van der Waals surface area contributed by atoms with Crippen LogP contribution in [0.15, 0.2) is 48.5 Å². The minimum absolute atomic E-state index is 0.0471. The number of nitrogens with zero attached hydrogens (tertiary/aromatic N) is 4. The molecule has 2 aromatic carbocycles. The Morgan fingerprint density at radius 3 is 2.59 bits per heavy atom. The highest BCUT2D eigenvalue weighted by Gasteiger charge is 2.19. The van der Waals surface area contributed by atoms with E-state index in [1.54, 1.807) is 30.3 Å². The van der Waals surface area contributed by atoms with Crippen LogP contribution in [-0.2, 0) is 11.2 Å². The molecule has 0 saturated carbocycles. The van der Waals surface area contributed by atoms with Crippen LogP contribution in [0.1, 0.15) is 23.1 Å². The zero-order valence-electron chi connectivity index (χ0n) is 20.4. The Kier molecular flexibility index (Phi) is 8.44. The van der Waals surface area contributed by atoms with Crippen LogP contribution < -0.4 is 20.5 Å². The van der Waals surface area contributed by atoms with Gasteiger partial charge in [-0.15, -0.1) is 0 Å². The van der Waals surface area contributed by atoms with Gasteiger partial charge in [0, 0.05) is 31.4 Å². The Bertz CT molecular complexity index is 1250. The number of benzene rings is 2. The third-order valence-electron chi connectivity index (χ3n) is 5.64. The molecule has 1 aromatic heterocycles. The summed E-state index contributed by atoms with van der Waals surface area (Å²) in [5, 5.41) is 14.2. The van der Waals surface area contributed by atoms with Gasteiger partial charge in [0.1, 0.15) is 23.8 Å². The Hall–Kier alpha value is -4.29. The highest BCUT2D eigenvalue weighted by molar-refractivity contribution is 5.96. The molecule has 1 fully saturated rings. The fourth-order valence-electron chi connectivity index (χ4n) is 3.69. The minimum atomic E-state index is -0.755. The molecule has 1 aliphatic heterocycles. The molecular formula is C25H28N6O6. The number of aryl methyl sites for hydroxylation is 1. The average molecular weight is 509 g/mol. The van der Waals surface area contributed by atoms with Gasteiger partial charge in [-0.3, -0.25) is 19.8 Å². The summed E-state index contributed by atoms with van der Waals surface area (Å²) in [7, 11) is 0. The van der Waals surface area contributed by atoms with Crippen molar-refractivity contribution in [3.05, 3.63) is 70.0 Å². The number of amides is 1. The number of carbonyl (C=O) groups excluding carboxylic acids is 1. The molecule has 12 heteroatoms. The lowest BCUT2D eigenvalue weighted by Gasteiger charge is -2.26. The lowest BCUT2D eigenvalue weighted by molar-refractivity contribution is -0.384. The zero-order chi connectivity index (χ0) is 26.2.